The highest BCUT2D eigenvalue weighted by atomic mass is 127. The first-order chi connectivity index (χ1) is 8.78. The van der Waals surface area contributed by atoms with Gasteiger partial charge in [0.1, 0.15) is 5.60 Å². The van der Waals surface area contributed by atoms with E-state index in [1.165, 1.54) is 14.0 Å². The molecular formula is C14H20INO2S. The van der Waals surface area contributed by atoms with Gasteiger partial charge in [-0.3, -0.25) is 0 Å². The quantitative estimate of drug-likeness (QED) is 0.673. The third kappa shape index (κ3) is 3.62. The predicted molar refractivity (Wildman–Crippen MR) is 86.8 cm³/mol. The molecule has 0 aliphatic heterocycles. The van der Waals surface area contributed by atoms with Gasteiger partial charge in [-0.15, -0.1) is 11.3 Å². The lowest BCUT2D eigenvalue weighted by Gasteiger charge is -2.33. The van der Waals surface area contributed by atoms with Crippen molar-refractivity contribution in [3.05, 3.63) is 19.4 Å². The molecule has 1 unspecified atom stereocenters. The summed E-state index contributed by atoms with van der Waals surface area (Å²) in [5, 5.41) is 2.23. The number of thiophene rings is 1. The number of amides is 1. The predicted octanol–water partition coefficient (Wildman–Crippen LogP) is 4.08. The topological polar surface area (TPSA) is 29.5 Å². The van der Waals surface area contributed by atoms with E-state index in [-0.39, 0.29) is 12.1 Å². The van der Waals surface area contributed by atoms with E-state index in [2.05, 4.69) is 28.0 Å². The number of carbonyl (C=O) groups is 1. The molecule has 0 N–H and O–H groups in total. The molecule has 1 amide bonds. The van der Waals surface area contributed by atoms with Crippen molar-refractivity contribution < 1.29 is 9.53 Å². The second-order valence-corrected chi connectivity index (χ2v) is 8.69. The Morgan fingerprint density at radius 3 is 2.84 bits per heavy atom. The Bertz CT molecular complexity index is 478. The number of rotatable bonds is 1. The van der Waals surface area contributed by atoms with Gasteiger partial charge in [0.2, 0.25) is 0 Å². The highest BCUT2D eigenvalue weighted by molar-refractivity contribution is 14.1. The van der Waals surface area contributed by atoms with Crippen LogP contribution in [0.5, 0.6) is 0 Å². The summed E-state index contributed by atoms with van der Waals surface area (Å²) in [6, 6.07) is 0.257. The molecule has 0 bridgehead atoms. The van der Waals surface area contributed by atoms with Crippen LogP contribution >= 0.6 is 33.9 Å². The summed E-state index contributed by atoms with van der Waals surface area (Å²) in [5.74, 6) is 0. The Morgan fingerprint density at radius 1 is 1.53 bits per heavy atom. The van der Waals surface area contributed by atoms with Gasteiger partial charge in [-0.1, -0.05) is 0 Å². The fraction of sp³-hybridized carbons (Fsp3) is 0.643. The van der Waals surface area contributed by atoms with E-state index in [0.29, 0.717) is 0 Å². The van der Waals surface area contributed by atoms with E-state index < -0.39 is 5.60 Å². The van der Waals surface area contributed by atoms with E-state index in [1.54, 1.807) is 16.2 Å². The highest BCUT2D eigenvalue weighted by Gasteiger charge is 2.29. The number of halogens is 1. The van der Waals surface area contributed by atoms with Gasteiger partial charge in [-0.25, -0.2) is 4.79 Å². The number of nitrogens with zero attached hydrogens (tertiary/aromatic N) is 1. The summed E-state index contributed by atoms with van der Waals surface area (Å²) >= 11 is 4.21. The zero-order chi connectivity index (χ0) is 14.2. The Balaban J connectivity index is 2.02. The van der Waals surface area contributed by atoms with Crippen LogP contribution in [0.2, 0.25) is 0 Å². The summed E-state index contributed by atoms with van der Waals surface area (Å²) in [4.78, 5) is 13.8. The molecule has 0 spiro atoms. The van der Waals surface area contributed by atoms with Gasteiger partial charge >= 0.3 is 6.09 Å². The van der Waals surface area contributed by atoms with E-state index in [1.807, 2.05) is 27.8 Å². The number of fused-ring (bicyclic) bond motifs is 1. The highest BCUT2D eigenvalue weighted by Crippen LogP contribution is 2.32. The van der Waals surface area contributed by atoms with E-state index in [4.69, 9.17) is 4.74 Å². The molecular weight excluding hydrogens is 373 g/mol. The lowest BCUT2D eigenvalue weighted by molar-refractivity contribution is 0.0210. The van der Waals surface area contributed by atoms with Crippen LogP contribution in [-0.4, -0.2) is 29.7 Å². The third-order valence-corrected chi connectivity index (χ3v) is 5.61. The van der Waals surface area contributed by atoms with Crippen molar-refractivity contribution in [2.75, 3.05) is 7.05 Å². The molecule has 1 aliphatic rings. The minimum atomic E-state index is -0.428. The Morgan fingerprint density at radius 2 is 2.21 bits per heavy atom. The second kappa shape index (κ2) is 5.60. The SMILES string of the molecule is CN(C(=O)OC(C)(C)C)C1CCc2c(csc2I)C1. The molecule has 106 valence electrons. The molecule has 0 aromatic carbocycles. The van der Waals surface area contributed by atoms with Crippen LogP contribution in [0.25, 0.3) is 0 Å². The van der Waals surface area contributed by atoms with E-state index in [9.17, 15) is 4.79 Å². The smallest absolute Gasteiger partial charge is 0.410 e. The Kier molecular flexibility index (Phi) is 4.45. The Hall–Kier alpha value is -0.300. The average molecular weight is 393 g/mol. The molecule has 1 aromatic heterocycles. The van der Waals surface area contributed by atoms with Crippen molar-refractivity contribution in [1.29, 1.82) is 0 Å². The van der Waals surface area contributed by atoms with Gasteiger partial charge in [0.05, 0.1) is 2.88 Å². The van der Waals surface area contributed by atoms with Gasteiger partial charge in [0, 0.05) is 13.1 Å². The molecule has 0 fully saturated rings. The number of ether oxygens (including phenoxy) is 1. The first-order valence-corrected chi connectivity index (χ1v) is 8.44. The van der Waals surface area contributed by atoms with Gasteiger partial charge < -0.3 is 9.64 Å². The molecule has 19 heavy (non-hydrogen) atoms. The molecule has 0 radical (unpaired) electrons. The van der Waals surface area contributed by atoms with E-state index >= 15 is 0 Å². The molecule has 1 heterocycles. The maximum atomic E-state index is 12.1. The number of likely N-dealkylation sites (N-methyl/N-ethyl adjacent to an activating group) is 1. The van der Waals surface area contributed by atoms with Crippen molar-refractivity contribution in [2.45, 2.75) is 51.7 Å². The summed E-state index contributed by atoms with van der Waals surface area (Å²) in [6.45, 7) is 5.71. The normalized spacial score (nSPS) is 18.9. The van der Waals surface area contributed by atoms with Crippen LogP contribution in [-0.2, 0) is 17.6 Å². The lowest BCUT2D eigenvalue weighted by atomic mass is 9.91. The van der Waals surface area contributed by atoms with Crippen LogP contribution in [0.15, 0.2) is 5.38 Å². The number of hydrogen-bond acceptors (Lipinski definition) is 3. The second-order valence-electron chi connectivity index (χ2n) is 6.00. The van der Waals surface area contributed by atoms with Crippen LogP contribution in [0.1, 0.15) is 38.3 Å². The van der Waals surface area contributed by atoms with Crippen molar-refractivity contribution >= 4 is 40.0 Å². The zero-order valence-electron chi connectivity index (χ0n) is 11.8. The average Bonchev–Trinajstić information content (AvgIpc) is 2.67. The molecule has 1 aromatic rings. The summed E-state index contributed by atoms with van der Waals surface area (Å²) in [7, 11) is 1.85. The van der Waals surface area contributed by atoms with Crippen LogP contribution < -0.4 is 0 Å². The monoisotopic (exact) mass is 393 g/mol. The van der Waals surface area contributed by atoms with Crippen LogP contribution in [0.3, 0.4) is 0 Å². The van der Waals surface area contributed by atoms with Crippen molar-refractivity contribution in [1.82, 2.24) is 4.90 Å². The first-order valence-electron chi connectivity index (χ1n) is 6.48. The van der Waals surface area contributed by atoms with Crippen molar-refractivity contribution in [3.63, 3.8) is 0 Å². The molecule has 3 nitrogen and oxygen atoms in total. The van der Waals surface area contributed by atoms with E-state index in [0.717, 1.165) is 19.3 Å². The number of hydrogen-bond donors (Lipinski definition) is 0. The molecule has 1 aliphatic carbocycles. The zero-order valence-corrected chi connectivity index (χ0v) is 14.8. The van der Waals surface area contributed by atoms with Crippen LogP contribution in [0.4, 0.5) is 4.79 Å². The minimum Gasteiger partial charge on any atom is -0.444 e. The van der Waals surface area contributed by atoms with Gasteiger partial charge in [-0.2, -0.15) is 0 Å². The largest absolute Gasteiger partial charge is 0.444 e. The summed E-state index contributed by atoms with van der Waals surface area (Å²) in [5.41, 5.74) is 2.46. The third-order valence-electron chi connectivity index (χ3n) is 3.34. The van der Waals surface area contributed by atoms with Gasteiger partial charge in [0.15, 0.2) is 0 Å². The fourth-order valence-corrected chi connectivity index (χ4v) is 4.16. The summed E-state index contributed by atoms with van der Waals surface area (Å²) in [6.07, 6.45) is 2.82. The van der Waals surface area contributed by atoms with Crippen LogP contribution in [0, 0.1) is 2.88 Å². The van der Waals surface area contributed by atoms with Gasteiger partial charge in [-0.05, 0) is 79.1 Å². The summed E-state index contributed by atoms with van der Waals surface area (Å²) < 4.78 is 6.83. The molecule has 2 rings (SSSR count). The molecule has 0 saturated heterocycles. The lowest BCUT2D eigenvalue weighted by Crippen LogP contribution is -2.43. The minimum absolute atomic E-state index is 0.217. The molecule has 0 saturated carbocycles. The maximum Gasteiger partial charge on any atom is 0.410 e. The van der Waals surface area contributed by atoms with Gasteiger partial charge in [0.25, 0.3) is 0 Å². The number of carbonyl (C=O) groups excluding carboxylic acids is 1. The maximum absolute atomic E-state index is 12.1. The Labute approximate surface area is 132 Å². The first kappa shape index (κ1) is 15.1. The standard InChI is InChI=1S/C14H20INO2S/c1-14(2,3)18-13(17)16(4)10-5-6-11-9(7-10)8-19-12(11)15/h8,10H,5-7H2,1-4H3. The van der Waals surface area contributed by atoms with Crippen molar-refractivity contribution in [2.24, 2.45) is 0 Å². The van der Waals surface area contributed by atoms with Crippen molar-refractivity contribution in [3.8, 4) is 0 Å². The fourth-order valence-electron chi connectivity index (χ4n) is 2.30. The molecule has 5 heteroatoms. The molecule has 1 atom stereocenters.